The molecule has 0 radical (unpaired) electrons. The van der Waals surface area contributed by atoms with E-state index in [-0.39, 0.29) is 5.97 Å². The van der Waals surface area contributed by atoms with Gasteiger partial charge in [0.15, 0.2) is 0 Å². The summed E-state index contributed by atoms with van der Waals surface area (Å²) in [5, 5.41) is 0. The van der Waals surface area contributed by atoms with E-state index in [0.29, 0.717) is 13.0 Å². The summed E-state index contributed by atoms with van der Waals surface area (Å²) < 4.78 is 4.90. The zero-order valence-corrected chi connectivity index (χ0v) is 9.46. The molecule has 0 unspecified atom stereocenters. The van der Waals surface area contributed by atoms with Crippen LogP contribution in [0.5, 0.6) is 0 Å². The summed E-state index contributed by atoms with van der Waals surface area (Å²) in [5.74, 6) is -0.190. The highest BCUT2D eigenvalue weighted by molar-refractivity contribution is 5.73. The van der Waals surface area contributed by atoms with Gasteiger partial charge in [-0.2, -0.15) is 0 Å². The lowest BCUT2D eigenvalue weighted by molar-refractivity contribution is -0.142. The normalized spacial score (nSPS) is 10.1. The molecule has 2 N–H and O–H groups in total. The molecular weight excluding hydrogens is 190 g/mol. The van der Waals surface area contributed by atoms with Crippen molar-refractivity contribution in [2.24, 2.45) is 0 Å². The molecule has 1 aromatic rings. The van der Waals surface area contributed by atoms with Crippen LogP contribution >= 0.6 is 0 Å². The smallest absolute Gasteiger partial charge is 0.310 e. The predicted molar refractivity (Wildman–Crippen MR) is 60.7 cm³/mol. The number of hydrogen-bond donors (Lipinski definition) is 1. The van der Waals surface area contributed by atoms with Crippen LogP contribution in [0.2, 0.25) is 0 Å². The molecule has 0 saturated heterocycles. The molecule has 0 atom stereocenters. The number of hydrogen-bond acceptors (Lipinski definition) is 3. The number of benzene rings is 1. The lowest BCUT2D eigenvalue weighted by Gasteiger charge is -2.10. The largest absolute Gasteiger partial charge is 0.466 e. The monoisotopic (exact) mass is 207 g/mol. The second-order valence-electron chi connectivity index (χ2n) is 3.55. The number of carbonyl (C=O) groups is 1. The third-order valence-electron chi connectivity index (χ3n) is 2.58. The number of ether oxygens (including phenoxy) is 1. The van der Waals surface area contributed by atoms with Gasteiger partial charge in [-0.05, 0) is 43.5 Å². The zero-order chi connectivity index (χ0) is 11.4. The topological polar surface area (TPSA) is 52.3 Å². The molecule has 1 rings (SSSR count). The molecular formula is C12H17NO2. The van der Waals surface area contributed by atoms with Gasteiger partial charge in [-0.25, -0.2) is 0 Å². The summed E-state index contributed by atoms with van der Waals surface area (Å²) in [6.07, 6.45) is 0.320. The van der Waals surface area contributed by atoms with Gasteiger partial charge in [0.2, 0.25) is 0 Å². The molecule has 0 aliphatic rings. The van der Waals surface area contributed by atoms with Crippen LogP contribution in [0, 0.1) is 13.8 Å². The van der Waals surface area contributed by atoms with Gasteiger partial charge in [0.1, 0.15) is 0 Å². The van der Waals surface area contributed by atoms with Crippen LogP contribution in [0.15, 0.2) is 12.1 Å². The molecule has 1 aromatic carbocycles. The third kappa shape index (κ3) is 2.72. The summed E-state index contributed by atoms with van der Waals surface area (Å²) in [6.45, 7) is 6.16. The Bertz CT molecular complexity index is 372. The summed E-state index contributed by atoms with van der Waals surface area (Å²) >= 11 is 0. The van der Waals surface area contributed by atoms with E-state index in [0.717, 1.165) is 22.4 Å². The van der Waals surface area contributed by atoms with Crippen LogP contribution in [-0.2, 0) is 16.0 Å². The predicted octanol–water partition coefficient (Wildman–Crippen LogP) is 1.99. The van der Waals surface area contributed by atoms with Crippen LogP contribution in [0.4, 0.5) is 5.69 Å². The number of anilines is 1. The first-order valence-electron chi connectivity index (χ1n) is 5.06. The zero-order valence-electron chi connectivity index (χ0n) is 9.46. The quantitative estimate of drug-likeness (QED) is 0.609. The molecule has 0 saturated carbocycles. The fourth-order valence-corrected chi connectivity index (χ4v) is 1.46. The maximum absolute atomic E-state index is 11.3. The summed E-state index contributed by atoms with van der Waals surface area (Å²) in [6, 6.07) is 3.71. The van der Waals surface area contributed by atoms with Gasteiger partial charge in [-0.3, -0.25) is 4.79 Å². The summed E-state index contributed by atoms with van der Waals surface area (Å²) in [5.41, 5.74) is 9.62. The van der Waals surface area contributed by atoms with Crippen LogP contribution in [0.1, 0.15) is 23.6 Å². The fraction of sp³-hybridized carbons (Fsp3) is 0.417. The van der Waals surface area contributed by atoms with Gasteiger partial charge in [0.25, 0.3) is 0 Å². The molecule has 0 heterocycles. The molecule has 82 valence electrons. The maximum atomic E-state index is 11.3. The highest BCUT2D eigenvalue weighted by atomic mass is 16.5. The van der Waals surface area contributed by atoms with E-state index >= 15 is 0 Å². The fourth-order valence-electron chi connectivity index (χ4n) is 1.46. The number of nitrogen functional groups attached to an aromatic ring is 1. The van der Waals surface area contributed by atoms with Crippen molar-refractivity contribution in [1.82, 2.24) is 0 Å². The second kappa shape index (κ2) is 4.82. The van der Waals surface area contributed by atoms with Crippen LogP contribution < -0.4 is 5.73 Å². The molecule has 0 aliphatic carbocycles. The Hall–Kier alpha value is -1.51. The molecule has 0 spiro atoms. The van der Waals surface area contributed by atoms with Crippen molar-refractivity contribution in [1.29, 1.82) is 0 Å². The standard InChI is InChI=1S/C12H17NO2/c1-4-15-12(14)7-10-5-6-11(13)9(3)8(10)2/h5-6H,4,7,13H2,1-3H3. The average molecular weight is 207 g/mol. The Labute approximate surface area is 90.2 Å². The van der Waals surface area contributed by atoms with Gasteiger partial charge in [0.05, 0.1) is 13.0 Å². The third-order valence-corrected chi connectivity index (χ3v) is 2.58. The van der Waals surface area contributed by atoms with Crippen molar-refractivity contribution >= 4 is 11.7 Å². The number of carbonyl (C=O) groups excluding carboxylic acids is 1. The minimum absolute atomic E-state index is 0.190. The maximum Gasteiger partial charge on any atom is 0.310 e. The van der Waals surface area contributed by atoms with Crippen LogP contribution in [-0.4, -0.2) is 12.6 Å². The molecule has 0 amide bonds. The molecule has 0 aliphatic heterocycles. The van der Waals surface area contributed by atoms with E-state index in [1.54, 1.807) is 6.92 Å². The molecule has 0 aromatic heterocycles. The average Bonchev–Trinajstić information content (AvgIpc) is 2.20. The van der Waals surface area contributed by atoms with Crippen molar-refractivity contribution in [2.75, 3.05) is 12.3 Å². The number of esters is 1. The first-order chi connectivity index (χ1) is 7.06. The van der Waals surface area contributed by atoms with Crippen molar-refractivity contribution in [3.63, 3.8) is 0 Å². The summed E-state index contributed by atoms with van der Waals surface area (Å²) in [4.78, 5) is 11.3. The van der Waals surface area contributed by atoms with Crippen molar-refractivity contribution in [3.8, 4) is 0 Å². The Morgan fingerprint density at radius 3 is 2.60 bits per heavy atom. The molecule has 3 heteroatoms. The second-order valence-corrected chi connectivity index (χ2v) is 3.55. The Kier molecular flexibility index (Phi) is 3.72. The molecule has 0 fully saturated rings. The van der Waals surface area contributed by atoms with Gasteiger partial charge in [-0.15, -0.1) is 0 Å². The minimum Gasteiger partial charge on any atom is -0.466 e. The van der Waals surface area contributed by atoms with Crippen molar-refractivity contribution in [2.45, 2.75) is 27.2 Å². The minimum atomic E-state index is -0.190. The van der Waals surface area contributed by atoms with E-state index in [9.17, 15) is 4.79 Å². The van der Waals surface area contributed by atoms with Crippen LogP contribution in [0.25, 0.3) is 0 Å². The first kappa shape index (κ1) is 11.6. The SMILES string of the molecule is CCOC(=O)Cc1ccc(N)c(C)c1C. The molecule has 3 nitrogen and oxygen atoms in total. The molecule has 15 heavy (non-hydrogen) atoms. The van der Waals surface area contributed by atoms with Gasteiger partial charge < -0.3 is 10.5 Å². The Morgan fingerprint density at radius 1 is 1.33 bits per heavy atom. The lowest BCUT2D eigenvalue weighted by Crippen LogP contribution is -2.09. The first-order valence-corrected chi connectivity index (χ1v) is 5.06. The van der Waals surface area contributed by atoms with E-state index in [4.69, 9.17) is 10.5 Å². The Morgan fingerprint density at radius 2 is 2.00 bits per heavy atom. The van der Waals surface area contributed by atoms with Gasteiger partial charge >= 0.3 is 5.97 Å². The van der Waals surface area contributed by atoms with Crippen LogP contribution in [0.3, 0.4) is 0 Å². The highest BCUT2D eigenvalue weighted by Crippen LogP contribution is 2.19. The van der Waals surface area contributed by atoms with Crippen molar-refractivity contribution in [3.05, 3.63) is 28.8 Å². The van der Waals surface area contributed by atoms with E-state index in [1.807, 2.05) is 26.0 Å². The van der Waals surface area contributed by atoms with Crippen molar-refractivity contribution < 1.29 is 9.53 Å². The van der Waals surface area contributed by atoms with E-state index < -0.39 is 0 Å². The highest BCUT2D eigenvalue weighted by Gasteiger charge is 2.09. The van der Waals surface area contributed by atoms with E-state index in [1.165, 1.54) is 0 Å². The summed E-state index contributed by atoms with van der Waals surface area (Å²) in [7, 11) is 0. The number of rotatable bonds is 3. The Balaban J connectivity index is 2.87. The molecule has 0 bridgehead atoms. The number of nitrogens with two attached hydrogens (primary N) is 1. The van der Waals surface area contributed by atoms with Gasteiger partial charge in [-0.1, -0.05) is 6.07 Å². The van der Waals surface area contributed by atoms with Gasteiger partial charge in [0, 0.05) is 5.69 Å². The van der Waals surface area contributed by atoms with E-state index in [2.05, 4.69) is 0 Å². The lowest BCUT2D eigenvalue weighted by atomic mass is 9.99.